The van der Waals surface area contributed by atoms with Gasteiger partial charge >= 0.3 is 0 Å². The number of oxime groups is 1. The molecule has 3 heterocycles. The maximum Gasteiger partial charge on any atom is 0.222 e. The van der Waals surface area contributed by atoms with Crippen LogP contribution in [0, 0.1) is 0 Å². The van der Waals surface area contributed by atoms with Gasteiger partial charge in [-0.15, -0.1) is 0 Å². The van der Waals surface area contributed by atoms with Crippen molar-refractivity contribution in [3.8, 4) is 0 Å². The third-order valence-corrected chi connectivity index (χ3v) is 4.92. The number of anilines is 2. The summed E-state index contributed by atoms with van der Waals surface area (Å²) in [6.45, 7) is 5.35. The van der Waals surface area contributed by atoms with Gasteiger partial charge in [-0.1, -0.05) is 5.16 Å². The number of hydrogen-bond donors (Lipinski definition) is 4. The van der Waals surface area contributed by atoms with E-state index in [0.29, 0.717) is 49.3 Å². The molecule has 1 aliphatic rings. The summed E-state index contributed by atoms with van der Waals surface area (Å²) in [5.41, 5.74) is 6.69. The van der Waals surface area contributed by atoms with E-state index in [1.165, 1.54) is 6.33 Å². The highest BCUT2D eigenvalue weighted by Crippen LogP contribution is 2.35. The lowest BCUT2D eigenvalue weighted by atomic mass is 10.1. The first-order valence-corrected chi connectivity index (χ1v) is 10.0. The topological polar surface area (TPSA) is 165 Å². The minimum atomic E-state index is -1.19. The summed E-state index contributed by atoms with van der Waals surface area (Å²) in [7, 11) is 3.54. The number of aliphatic hydroxyl groups is 2. The lowest BCUT2D eigenvalue weighted by molar-refractivity contribution is -0.0425. The Morgan fingerprint density at radius 3 is 2.87 bits per heavy atom. The average Bonchev–Trinajstić information content (AvgIpc) is 3.25. The van der Waals surface area contributed by atoms with Gasteiger partial charge in [0.25, 0.3) is 0 Å². The summed E-state index contributed by atoms with van der Waals surface area (Å²) in [5.74, 6) is 1.07. The van der Waals surface area contributed by atoms with E-state index in [1.54, 1.807) is 18.5 Å². The summed E-state index contributed by atoms with van der Waals surface area (Å²) in [5, 5.41) is 28.1. The van der Waals surface area contributed by atoms with Crippen molar-refractivity contribution in [3.05, 3.63) is 6.33 Å². The van der Waals surface area contributed by atoms with Gasteiger partial charge < -0.3 is 40.5 Å². The second kappa shape index (κ2) is 10.0. The van der Waals surface area contributed by atoms with Crippen LogP contribution in [-0.4, -0.2) is 99.2 Å². The number of likely N-dealkylation sites (N-methyl/N-ethyl adjacent to an activating group) is 1. The Kier molecular flexibility index (Phi) is 7.43. The molecule has 1 saturated heterocycles. The molecule has 0 aromatic carbocycles. The van der Waals surface area contributed by atoms with E-state index in [9.17, 15) is 10.2 Å². The van der Waals surface area contributed by atoms with Crippen molar-refractivity contribution in [2.75, 3.05) is 51.4 Å². The fourth-order valence-corrected chi connectivity index (χ4v) is 3.40. The predicted octanol–water partition coefficient (Wildman–Crippen LogP) is -0.612. The molecule has 0 bridgehead atoms. The van der Waals surface area contributed by atoms with Crippen LogP contribution in [0.1, 0.15) is 20.1 Å². The van der Waals surface area contributed by atoms with E-state index in [1.807, 2.05) is 18.9 Å². The van der Waals surface area contributed by atoms with Crippen molar-refractivity contribution in [1.82, 2.24) is 24.4 Å². The molecule has 0 unspecified atom stereocenters. The normalized spacial score (nSPS) is 24.2. The molecule has 0 aliphatic carbocycles. The number of aliphatic hydroxyl groups excluding tert-OH is 2. The molecule has 0 radical (unpaired) electrons. The average molecular weight is 438 g/mol. The first-order chi connectivity index (χ1) is 14.9. The van der Waals surface area contributed by atoms with Crippen LogP contribution in [-0.2, 0) is 14.3 Å². The molecular weight excluding hydrogens is 408 g/mol. The van der Waals surface area contributed by atoms with Gasteiger partial charge in [-0.05, 0) is 14.0 Å². The molecule has 3 rings (SSSR count). The molecule has 13 nitrogen and oxygen atoms in total. The van der Waals surface area contributed by atoms with E-state index < -0.39 is 24.5 Å². The Morgan fingerprint density at radius 2 is 2.16 bits per heavy atom. The zero-order valence-electron chi connectivity index (χ0n) is 18.1. The molecular formula is C18H30N8O5. The van der Waals surface area contributed by atoms with Crippen molar-refractivity contribution >= 4 is 28.8 Å². The quantitative estimate of drug-likeness (QED) is 0.171. The molecule has 4 atom stereocenters. The molecule has 2 aromatic rings. The zero-order chi connectivity index (χ0) is 22.5. The maximum atomic E-state index is 10.7. The van der Waals surface area contributed by atoms with Gasteiger partial charge in [-0.2, -0.15) is 0 Å². The number of nitrogens with one attached hydrogen (secondary N) is 1. The van der Waals surface area contributed by atoms with Crippen LogP contribution in [0.3, 0.4) is 0 Å². The minimum absolute atomic E-state index is 0.215. The van der Waals surface area contributed by atoms with E-state index in [0.717, 1.165) is 0 Å². The van der Waals surface area contributed by atoms with Gasteiger partial charge in [0.05, 0.1) is 6.61 Å². The third kappa shape index (κ3) is 4.95. The van der Waals surface area contributed by atoms with E-state index in [-0.39, 0.29) is 5.82 Å². The monoisotopic (exact) mass is 438 g/mol. The van der Waals surface area contributed by atoms with Crippen LogP contribution in [0.5, 0.6) is 0 Å². The lowest BCUT2D eigenvalue weighted by Gasteiger charge is -2.22. The van der Waals surface area contributed by atoms with Crippen molar-refractivity contribution in [3.63, 3.8) is 0 Å². The van der Waals surface area contributed by atoms with Crippen molar-refractivity contribution in [1.29, 1.82) is 0 Å². The van der Waals surface area contributed by atoms with E-state index >= 15 is 0 Å². The number of rotatable bonds is 9. The summed E-state index contributed by atoms with van der Waals surface area (Å²) < 4.78 is 12.8. The summed E-state index contributed by atoms with van der Waals surface area (Å²) in [6.07, 6.45) is -2.51. The largest absolute Gasteiger partial charge is 0.479 e. The Morgan fingerprint density at radius 1 is 1.39 bits per heavy atom. The second-order valence-corrected chi connectivity index (χ2v) is 7.17. The molecule has 2 aromatic heterocycles. The highest BCUT2D eigenvalue weighted by molar-refractivity contribution is 5.84. The zero-order valence-corrected chi connectivity index (χ0v) is 18.1. The van der Waals surface area contributed by atoms with Crippen LogP contribution in [0.4, 0.5) is 11.8 Å². The number of ether oxygens (including phenoxy) is 2. The van der Waals surface area contributed by atoms with E-state index in [2.05, 4.69) is 25.4 Å². The molecule has 172 valence electrons. The number of nitrogen functional groups attached to an aromatic ring is 1. The number of nitrogens with zero attached hydrogens (tertiary/aromatic N) is 6. The van der Waals surface area contributed by atoms with Crippen LogP contribution in [0.2, 0.25) is 0 Å². The molecule has 5 N–H and O–H groups in total. The molecule has 31 heavy (non-hydrogen) atoms. The van der Waals surface area contributed by atoms with Gasteiger partial charge in [-0.3, -0.25) is 4.57 Å². The van der Waals surface area contributed by atoms with Crippen molar-refractivity contribution in [2.24, 2.45) is 5.16 Å². The molecule has 1 aliphatic heterocycles. The SMILES string of the molecule is CCO/C(C)=N\OCCN(C)C[C@H]1O[C@@H](n2c(NC)nc3c(N)ncnc32)[C@H](O)[C@@H]1O. The van der Waals surface area contributed by atoms with Gasteiger partial charge in [0, 0.05) is 27.1 Å². The first-order valence-electron chi connectivity index (χ1n) is 10.0. The fraction of sp³-hybridized carbons (Fsp3) is 0.667. The van der Waals surface area contributed by atoms with Crippen LogP contribution >= 0.6 is 0 Å². The molecule has 1 fully saturated rings. The number of hydrogen-bond acceptors (Lipinski definition) is 12. The number of imidazole rings is 1. The Bertz CT molecular complexity index is 906. The van der Waals surface area contributed by atoms with Gasteiger partial charge in [0.15, 0.2) is 23.2 Å². The van der Waals surface area contributed by atoms with Gasteiger partial charge in [0.2, 0.25) is 11.8 Å². The maximum absolute atomic E-state index is 10.7. The van der Waals surface area contributed by atoms with Crippen LogP contribution in [0.15, 0.2) is 11.5 Å². The second-order valence-electron chi connectivity index (χ2n) is 7.17. The third-order valence-electron chi connectivity index (χ3n) is 4.92. The minimum Gasteiger partial charge on any atom is -0.479 e. The van der Waals surface area contributed by atoms with Crippen LogP contribution in [0.25, 0.3) is 11.2 Å². The van der Waals surface area contributed by atoms with Crippen LogP contribution < -0.4 is 11.1 Å². The van der Waals surface area contributed by atoms with E-state index in [4.69, 9.17) is 20.0 Å². The highest BCUT2D eigenvalue weighted by Gasteiger charge is 2.45. The summed E-state index contributed by atoms with van der Waals surface area (Å²) in [6, 6.07) is 0. The van der Waals surface area contributed by atoms with Gasteiger partial charge in [-0.25, -0.2) is 15.0 Å². The molecule has 0 amide bonds. The van der Waals surface area contributed by atoms with Gasteiger partial charge in [0.1, 0.15) is 31.2 Å². The number of nitrogens with two attached hydrogens (primary N) is 1. The lowest BCUT2D eigenvalue weighted by Crippen LogP contribution is -2.39. The summed E-state index contributed by atoms with van der Waals surface area (Å²) in [4.78, 5) is 19.7. The highest BCUT2D eigenvalue weighted by atomic mass is 16.6. The van der Waals surface area contributed by atoms with Crippen molar-refractivity contribution in [2.45, 2.75) is 38.4 Å². The fourth-order valence-electron chi connectivity index (χ4n) is 3.40. The number of fused-ring (bicyclic) bond motifs is 1. The molecule has 0 spiro atoms. The first kappa shape index (κ1) is 22.9. The molecule has 13 heteroatoms. The Hall–Kier alpha value is -2.74. The Balaban J connectivity index is 1.66. The smallest absolute Gasteiger partial charge is 0.222 e. The summed E-state index contributed by atoms with van der Waals surface area (Å²) >= 11 is 0. The standard InChI is InChI=1S/C18H30N8O5/c1-5-29-10(2)24-30-7-6-25(4)8-11-13(27)14(28)17(31-11)26-16-12(23-18(26)20-3)15(19)21-9-22-16/h9,11,13-14,17,27-28H,5-8H2,1-4H3,(H,20,23)(H2,19,21,22)/b24-10-/t11-,13-,14-,17-/m1/s1. The predicted molar refractivity (Wildman–Crippen MR) is 113 cm³/mol. The number of aromatic nitrogens is 4. The molecule has 0 saturated carbocycles. The van der Waals surface area contributed by atoms with Crippen molar-refractivity contribution < 1.29 is 24.5 Å². The Labute approximate surface area is 179 Å².